The van der Waals surface area contributed by atoms with E-state index in [0.717, 1.165) is 11.6 Å². The fourth-order valence-electron chi connectivity index (χ4n) is 1.90. The zero-order chi connectivity index (χ0) is 17.5. The van der Waals surface area contributed by atoms with Gasteiger partial charge in [-0.1, -0.05) is 17.7 Å². The minimum absolute atomic E-state index is 0.0763. The van der Waals surface area contributed by atoms with Gasteiger partial charge in [-0.05, 0) is 31.2 Å². The third-order valence-corrected chi connectivity index (χ3v) is 3.10. The van der Waals surface area contributed by atoms with Crippen molar-refractivity contribution in [3.63, 3.8) is 0 Å². The molecule has 0 spiro atoms. The van der Waals surface area contributed by atoms with Crippen LogP contribution in [0.1, 0.15) is 21.5 Å². The summed E-state index contributed by atoms with van der Waals surface area (Å²) in [7, 11) is 0. The Morgan fingerprint density at radius 1 is 1.17 bits per heavy atom. The van der Waals surface area contributed by atoms with Crippen LogP contribution in [-0.4, -0.2) is 34.8 Å². The van der Waals surface area contributed by atoms with Crippen LogP contribution >= 0.6 is 0 Å². The van der Waals surface area contributed by atoms with Gasteiger partial charge in [0.05, 0.1) is 12.8 Å². The molecule has 0 aromatic heterocycles. The van der Waals surface area contributed by atoms with Crippen LogP contribution in [0.15, 0.2) is 47.6 Å². The number of amides is 2. The molecule has 0 saturated carbocycles. The summed E-state index contributed by atoms with van der Waals surface area (Å²) >= 11 is 0. The second kappa shape index (κ2) is 7.77. The van der Waals surface area contributed by atoms with Crippen molar-refractivity contribution in [2.24, 2.45) is 5.10 Å². The Kier molecular flexibility index (Phi) is 5.51. The number of nitrogens with one attached hydrogen (secondary N) is 2. The molecule has 0 aliphatic rings. The second-order valence-electron chi connectivity index (χ2n) is 5.09. The first-order chi connectivity index (χ1) is 11.5. The quantitative estimate of drug-likeness (QED) is 0.490. The molecule has 0 aliphatic carbocycles. The normalized spacial score (nSPS) is 10.5. The molecular weight excluding hydrogens is 310 g/mol. The van der Waals surface area contributed by atoms with Crippen LogP contribution in [0.4, 0.5) is 0 Å². The van der Waals surface area contributed by atoms with Gasteiger partial charge >= 0.3 is 0 Å². The van der Waals surface area contributed by atoms with Crippen LogP contribution in [-0.2, 0) is 4.79 Å². The number of benzene rings is 2. The van der Waals surface area contributed by atoms with Gasteiger partial charge in [0.25, 0.3) is 11.8 Å². The molecule has 2 rings (SSSR count). The van der Waals surface area contributed by atoms with Gasteiger partial charge in [0.2, 0.25) is 0 Å². The van der Waals surface area contributed by atoms with Crippen molar-refractivity contribution in [1.29, 1.82) is 0 Å². The Morgan fingerprint density at radius 2 is 1.96 bits per heavy atom. The Balaban J connectivity index is 1.83. The van der Waals surface area contributed by atoms with E-state index in [-0.39, 0.29) is 24.0 Å². The van der Waals surface area contributed by atoms with Gasteiger partial charge in [-0.25, -0.2) is 5.43 Å². The third-order valence-electron chi connectivity index (χ3n) is 3.10. The maximum atomic E-state index is 11.9. The molecule has 0 radical (unpaired) electrons. The molecule has 0 saturated heterocycles. The van der Waals surface area contributed by atoms with Gasteiger partial charge < -0.3 is 15.5 Å². The van der Waals surface area contributed by atoms with E-state index in [9.17, 15) is 14.7 Å². The maximum Gasteiger partial charge on any atom is 0.259 e. The summed E-state index contributed by atoms with van der Waals surface area (Å²) in [5.74, 6) is -1.10. The number of carbonyl (C=O) groups is 2. The van der Waals surface area contributed by atoms with Crippen molar-refractivity contribution in [3.05, 3.63) is 59.2 Å². The van der Waals surface area contributed by atoms with Gasteiger partial charge in [0.1, 0.15) is 11.5 Å². The van der Waals surface area contributed by atoms with Crippen LogP contribution in [0.3, 0.4) is 0 Å². The van der Waals surface area contributed by atoms with E-state index >= 15 is 0 Å². The number of carbonyl (C=O) groups excluding carboxylic acids is 2. The monoisotopic (exact) mass is 327 g/mol. The summed E-state index contributed by atoms with van der Waals surface area (Å²) < 4.78 is 0. The number of hydrogen-bond donors (Lipinski definition) is 4. The van der Waals surface area contributed by atoms with Gasteiger partial charge in [-0.2, -0.15) is 5.10 Å². The SMILES string of the molecule is Cc1cccc(C(=O)NCC(=O)NN=Cc2ccc(O)cc2O)c1. The smallest absolute Gasteiger partial charge is 0.259 e. The molecule has 7 nitrogen and oxygen atoms in total. The number of phenols is 2. The molecule has 0 bridgehead atoms. The molecule has 124 valence electrons. The van der Waals surface area contributed by atoms with E-state index in [2.05, 4.69) is 15.8 Å². The summed E-state index contributed by atoms with van der Waals surface area (Å²) in [6, 6.07) is 11.0. The lowest BCUT2D eigenvalue weighted by Crippen LogP contribution is -2.34. The van der Waals surface area contributed by atoms with E-state index < -0.39 is 5.91 Å². The fourth-order valence-corrected chi connectivity index (χ4v) is 1.90. The molecule has 4 N–H and O–H groups in total. The lowest BCUT2D eigenvalue weighted by Gasteiger charge is -2.05. The van der Waals surface area contributed by atoms with Crippen LogP contribution in [0, 0.1) is 6.92 Å². The molecule has 0 fully saturated rings. The Labute approximate surface area is 138 Å². The first-order valence-corrected chi connectivity index (χ1v) is 7.14. The topological polar surface area (TPSA) is 111 Å². The first kappa shape index (κ1) is 17.0. The molecule has 0 unspecified atom stereocenters. The number of aromatic hydroxyl groups is 2. The highest BCUT2D eigenvalue weighted by atomic mass is 16.3. The minimum Gasteiger partial charge on any atom is -0.508 e. The number of hydrogen-bond acceptors (Lipinski definition) is 5. The molecular formula is C17H17N3O4. The number of hydrazone groups is 1. The average molecular weight is 327 g/mol. The lowest BCUT2D eigenvalue weighted by molar-refractivity contribution is -0.120. The largest absolute Gasteiger partial charge is 0.508 e. The predicted octanol–water partition coefficient (Wildman–Crippen LogP) is 1.29. The maximum absolute atomic E-state index is 11.9. The van der Waals surface area contributed by atoms with Gasteiger partial charge in [-0.3, -0.25) is 9.59 Å². The Morgan fingerprint density at radius 3 is 2.67 bits per heavy atom. The van der Waals surface area contributed by atoms with Crippen LogP contribution < -0.4 is 10.7 Å². The number of nitrogens with zero attached hydrogens (tertiary/aromatic N) is 1. The highest BCUT2D eigenvalue weighted by Crippen LogP contribution is 2.20. The van der Waals surface area contributed by atoms with Crippen LogP contribution in [0.25, 0.3) is 0 Å². The Bertz CT molecular complexity index is 787. The summed E-state index contributed by atoms with van der Waals surface area (Å²) in [5, 5.41) is 24.9. The van der Waals surface area contributed by atoms with E-state index in [1.54, 1.807) is 18.2 Å². The summed E-state index contributed by atoms with van der Waals surface area (Å²) in [5.41, 5.74) is 3.99. The predicted molar refractivity (Wildman–Crippen MR) is 89.0 cm³/mol. The van der Waals surface area contributed by atoms with E-state index in [1.807, 2.05) is 13.0 Å². The van der Waals surface area contributed by atoms with E-state index in [0.29, 0.717) is 11.1 Å². The zero-order valence-corrected chi connectivity index (χ0v) is 13.0. The highest BCUT2D eigenvalue weighted by molar-refractivity contribution is 5.96. The van der Waals surface area contributed by atoms with Crippen molar-refractivity contribution < 1.29 is 19.8 Å². The lowest BCUT2D eigenvalue weighted by atomic mass is 10.1. The molecule has 2 amide bonds. The molecule has 7 heteroatoms. The standard InChI is InChI=1S/C17H17N3O4/c1-11-3-2-4-12(7-11)17(24)18-10-16(23)20-19-9-13-5-6-14(21)8-15(13)22/h2-9,21-22H,10H2,1H3,(H,18,24)(H,20,23). The van der Waals surface area contributed by atoms with Crippen molar-refractivity contribution in [2.75, 3.05) is 6.54 Å². The average Bonchev–Trinajstić information content (AvgIpc) is 2.54. The molecule has 2 aromatic carbocycles. The summed E-state index contributed by atoms with van der Waals surface area (Å²) in [6.07, 6.45) is 1.23. The second-order valence-corrected chi connectivity index (χ2v) is 5.09. The molecule has 0 aliphatic heterocycles. The van der Waals surface area contributed by atoms with E-state index in [4.69, 9.17) is 5.11 Å². The molecule has 2 aromatic rings. The van der Waals surface area contributed by atoms with Gasteiger partial charge in [0.15, 0.2) is 0 Å². The Hall–Kier alpha value is -3.35. The number of aryl methyl sites for hydroxylation is 1. The molecule has 0 atom stereocenters. The third kappa shape index (κ3) is 4.84. The zero-order valence-electron chi connectivity index (χ0n) is 13.0. The fraction of sp³-hybridized carbons (Fsp3) is 0.118. The number of rotatable bonds is 5. The van der Waals surface area contributed by atoms with Crippen LogP contribution in [0.2, 0.25) is 0 Å². The molecule has 0 heterocycles. The van der Waals surface area contributed by atoms with Crippen molar-refractivity contribution in [3.8, 4) is 11.5 Å². The van der Waals surface area contributed by atoms with Gasteiger partial charge in [0, 0.05) is 17.2 Å². The van der Waals surface area contributed by atoms with Crippen molar-refractivity contribution >= 4 is 18.0 Å². The van der Waals surface area contributed by atoms with Crippen molar-refractivity contribution in [1.82, 2.24) is 10.7 Å². The summed E-state index contributed by atoms with van der Waals surface area (Å²) in [4.78, 5) is 23.5. The highest BCUT2D eigenvalue weighted by Gasteiger charge is 2.07. The van der Waals surface area contributed by atoms with Gasteiger partial charge in [-0.15, -0.1) is 0 Å². The van der Waals surface area contributed by atoms with Crippen LogP contribution in [0.5, 0.6) is 11.5 Å². The number of phenolic OH excluding ortho intramolecular Hbond substituents is 2. The van der Waals surface area contributed by atoms with E-state index in [1.165, 1.54) is 18.3 Å². The molecule has 24 heavy (non-hydrogen) atoms. The first-order valence-electron chi connectivity index (χ1n) is 7.14. The summed E-state index contributed by atoms with van der Waals surface area (Å²) in [6.45, 7) is 1.64. The van der Waals surface area contributed by atoms with Crippen molar-refractivity contribution in [2.45, 2.75) is 6.92 Å². The minimum atomic E-state index is -0.509.